The van der Waals surface area contributed by atoms with Crippen molar-refractivity contribution in [1.29, 1.82) is 0 Å². The maximum atomic E-state index is 12.8. The average molecular weight is 315 g/mol. The minimum Gasteiger partial charge on any atom is -0.493 e. The van der Waals surface area contributed by atoms with Gasteiger partial charge >= 0.3 is 12.1 Å². The highest BCUT2D eigenvalue weighted by Crippen LogP contribution is 2.39. The Kier molecular flexibility index (Phi) is 3.12. The Morgan fingerprint density at radius 3 is 2.76 bits per heavy atom. The predicted molar refractivity (Wildman–Crippen MR) is 68.7 cm³/mol. The van der Waals surface area contributed by atoms with Crippen LogP contribution in [0.4, 0.5) is 13.2 Å². The summed E-state index contributed by atoms with van der Waals surface area (Å²) in [5, 5.41) is 8.93. The summed E-state index contributed by atoms with van der Waals surface area (Å²) < 4.78 is 43.8. The number of carboxylic acids is 1. The Labute approximate surface area is 120 Å². The summed E-state index contributed by atoms with van der Waals surface area (Å²) in [6.45, 7) is 0.533. The molecular weight excluding hydrogens is 307 g/mol. The molecule has 2 aromatic rings. The molecule has 0 atom stereocenters. The SMILES string of the molecule is O=C(O)c1sc(-c2ccc3c(c2)CCO3)nc1C(F)(F)F. The molecular formula is C13H8F3NO3S. The van der Waals surface area contributed by atoms with Crippen LogP contribution in [0.2, 0.25) is 0 Å². The van der Waals surface area contributed by atoms with Gasteiger partial charge in [-0.3, -0.25) is 0 Å². The Hall–Kier alpha value is -2.09. The summed E-state index contributed by atoms with van der Waals surface area (Å²) in [4.78, 5) is 13.6. The molecule has 1 N–H and O–H groups in total. The Morgan fingerprint density at radius 1 is 1.38 bits per heavy atom. The summed E-state index contributed by atoms with van der Waals surface area (Å²) in [5.74, 6) is -0.930. The van der Waals surface area contributed by atoms with E-state index in [0.29, 0.717) is 35.7 Å². The Bertz CT molecular complexity index is 724. The molecule has 0 spiro atoms. The van der Waals surface area contributed by atoms with Gasteiger partial charge in [-0.2, -0.15) is 13.2 Å². The maximum absolute atomic E-state index is 12.8. The monoisotopic (exact) mass is 315 g/mol. The van der Waals surface area contributed by atoms with Crippen molar-refractivity contribution in [3.63, 3.8) is 0 Å². The second-order valence-corrected chi connectivity index (χ2v) is 5.42. The molecule has 3 rings (SSSR count). The molecule has 8 heteroatoms. The number of rotatable bonds is 2. The fourth-order valence-electron chi connectivity index (χ4n) is 2.10. The smallest absolute Gasteiger partial charge is 0.435 e. The van der Waals surface area contributed by atoms with Crippen LogP contribution in [-0.2, 0) is 12.6 Å². The van der Waals surface area contributed by atoms with Gasteiger partial charge in [0.1, 0.15) is 15.6 Å². The standard InChI is InChI=1S/C13H8F3NO3S/c14-13(15,16)10-9(12(18)19)21-11(17-10)7-1-2-8-6(5-7)3-4-20-8/h1-2,5H,3-4H2,(H,18,19). The van der Waals surface area contributed by atoms with Crippen LogP contribution in [0, 0.1) is 0 Å². The van der Waals surface area contributed by atoms with Crippen LogP contribution >= 0.6 is 11.3 Å². The highest BCUT2D eigenvalue weighted by atomic mass is 32.1. The molecule has 0 saturated heterocycles. The van der Waals surface area contributed by atoms with Gasteiger partial charge in [-0.1, -0.05) is 0 Å². The molecule has 21 heavy (non-hydrogen) atoms. The quantitative estimate of drug-likeness (QED) is 0.922. The van der Waals surface area contributed by atoms with Gasteiger partial charge in [0.15, 0.2) is 5.69 Å². The molecule has 0 fully saturated rings. The minimum absolute atomic E-state index is 0.0365. The van der Waals surface area contributed by atoms with Gasteiger partial charge in [-0.05, 0) is 23.8 Å². The molecule has 1 aromatic carbocycles. The zero-order chi connectivity index (χ0) is 15.2. The fourth-order valence-corrected chi connectivity index (χ4v) is 3.02. The van der Waals surface area contributed by atoms with E-state index in [0.717, 1.165) is 5.56 Å². The van der Waals surface area contributed by atoms with E-state index in [1.807, 2.05) is 0 Å². The number of aromatic carboxylic acids is 1. The van der Waals surface area contributed by atoms with Crippen molar-refractivity contribution in [2.45, 2.75) is 12.6 Å². The highest BCUT2D eigenvalue weighted by molar-refractivity contribution is 7.17. The first-order valence-electron chi connectivity index (χ1n) is 5.93. The highest BCUT2D eigenvalue weighted by Gasteiger charge is 2.39. The average Bonchev–Trinajstić information content (AvgIpc) is 3.03. The molecule has 110 valence electrons. The molecule has 4 nitrogen and oxygen atoms in total. The minimum atomic E-state index is -4.79. The molecule has 2 heterocycles. The third-order valence-electron chi connectivity index (χ3n) is 3.03. The van der Waals surface area contributed by atoms with Crippen molar-refractivity contribution in [1.82, 2.24) is 4.98 Å². The van der Waals surface area contributed by atoms with Crippen LogP contribution in [0.25, 0.3) is 10.6 Å². The molecule has 1 aromatic heterocycles. The summed E-state index contributed by atoms with van der Waals surface area (Å²) in [7, 11) is 0. The van der Waals surface area contributed by atoms with Crippen molar-refractivity contribution in [3.05, 3.63) is 34.3 Å². The van der Waals surface area contributed by atoms with Gasteiger partial charge in [0.25, 0.3) is 0 Å². The largest absolute Gasteiger partial charge is 0.493 e. The molecule has 1 aliphatic heterocycles. The summed E-state index contributed by atoms with van der Waals surface area (Å²) >= 11 is 0.522. The summed E-state index contributed by atoms with van der Waals surface area (Å²) in [5.41, 5.74) is -0.0119. The number of hydrogen-bond acceptors (Lipinski definition) is 4. The number of thiazole rings is 1. The maximum Gasteiger partial charge on any atom is 0.435 e. The number of ether oxygens (including phenoxy) is 1. The van der Waals surface area contributed by atoms with Crippen molar-refractivity contribution < 1.29 is 27.8 Å². The molecule has 0 amide bonds. The lowest BCUT2D eigenvalue weighted by atomic mass is 10.1. The Balaban J connectivity index is 2.09. The molecule has 0 saturated carbocycles. The van der Waals surface area contributed by atoms with Gasteiger partial charge in [0, 0.05) is 12.0 Å². The van der Waals surface area contributed by atoms with Crippen LogP contribution in [-0.4, -0.2) is 22.7 Å². The fraction of sp³-hybridized carbons (Fsp3) is 0.231. The van der Waals surface area contributed by atoms with E-state index in [1.54, 1.807) is 18.2 Å². The van der Waals surface area contributed by atoms with Crippen molar-refractivity contribution in [2.75, 3.05) is 6.61 Å². The third-order valence-corrected chi connectivity index (χ3v) is 4.12. The summed E-state index contributed by atoms with van der Waals surface area (Å²) in [6, 6.07) is 4.93. The first kappa shape index (κ1) is 13.9. The van der Waals surface area contributed by atoms with Crippen LogP contribution in [0.5, 0.6) is 5.75 Å². The molecule has 0 bridgehead atoms. The van der Waals surface area contributed by atoms with E-state index in [4.69, 9.17) is 9.84 Å². The lowest BCUT2D eigenvalue weighted by Gasteiger charge is -2.03. The van der Waals surface area contributed by atoms with Crippen LogP contribution in [0.15, 0.2) is 18.2 Å². The zero-order valence-electron chi connectivity index (χ0n) is 10.4. The first-order valence-corrected chi connectivity index (χ1v) is 6.75. The number of nitrogens with zero attached hydrogens (tertiary/aromatic N) is 1. The molecule has 0 unspecified atom stereocenters. The zero-order valence-corrected chi connectivity index (χ0v) is 11.2. The number of aromatic nitrogens is 1. The van der Waals surface area contributed by atoms with Crippen LogP contribution in [0.3, 0.4) is 0 Å². The lowest BCUT2D eigenvalue weighted by Crippen LogP contribution is -2.11. The van der Waals surface area contributed by atoms with Gasteiger partial charge in [-0.25, -0.2) is 9.78 Å². The second kappa shape index (κ2) is 4.73. The van der Waals surface area contributed by atoms with Crippen molar-refractivity contribution in [3.8, 4) is 16.3 Å². The molecule has 1 aliphatic rings. The number of hydrogen-bond donors (Lipinski definition) is 1. The number of fused-ring (bicyclic) bond motifs is 1. The van der Waals surface area contributed by atoms with Crippen molar-refractivity contribution >= 4 is 17.3 Å². The Morgan fingerprint density at radius 2 is 2.14 bits per heavy atom. The first-order chi connectivity index (χ1) is 9.86. The van der Waals surface area contributed by atoms with E-state index in [1.165, 1.54) is 0 Å². The van der Waals surface area contributed by atoms with Gasteiger partial charge in [-0.15, -0.1) is 11.3 Å². The number of halogens is 3. The number of carboxylic acid groups (broad SMARTS) is 1. The van der Waals surface area contributed by atoms with E-state index in [9.17, 15) is 18.0 Å². The molecule has 0 radical (unpaired) electrons. The van der Waals surface area contributed by atoms with Crippen molar-refractivity contribution in [2.24, 2.45) is 0 Å². The van der Waals surface area contributed by atoms with Gasteiger partial charge in [0.2, 0.25) is 0 Å². The number of alkyl halides is 3. The third kappa shape index (κ3) is 2.46. The van der Waals surface area contributed by atoms with Crippen LogP contribution in [0.1, 0.15) is 20.9 Å². The van der Waals surface area contributed by atoms with E-state index < -0.39 is 22.7 Å². The normalized spacial score (nSPS) is 13.9. The molecule has 0 aliphatic carbocycles. The number of carbonyl (C=O) groups is 1. The van der Waals surface area contributed by atoms with E-state index in [-0.39, 0.29) is 5.01 Å². The lowest BCUT2D eigenvalue weighted by molar-refractivity contribution is -0.141. The van der Waals surface area contributed by atoms with E-state index >= 15 is 0 Å². The van der Waals surface area contributed by atoms with Crippen LogP contribution < -0.4 is 4.74 Å². The number of benzene rings is 1. The van der Waals surface area contributed by atoms with E-state index in [2.05, 4.69) is 4.98 Å². The predicted octanol–water partition coefficient (Wildman–Crippen LogP) is 3.46. The second-order valence-electron chi connectivity index (χ2n) is 4.42. The van der Waals surface area contributed by atoms with Gasteiger partial charge < -0.3 is 9.84 Å². The van der Waals surface area contributed by atoms with Gasteiger partial charge in [0.05, 0.1) is 6.61 Å². The topological polar surface area (TPSA) is 59.4 Å². The summed E-state index contributed by atoms with van der Waals surface area (Å²) in [6.07, 6.45) is -4.12.